The van der Waals surface area contributed by atoms with Gasteiger partial charge < -0.3 is 10.6 Å². The van der Waals surface area contributed by atoms with Gasteiger partial charge in [0.1, 0.15) is 12.0 Å². The first-order valence-corrected chi connectivity index (χ1v) is 5.57. The first kappa shape index (κ1) is 13.2. The van der Waals surface area contributed by atoms with Gasteiger partial charge in [0, 0.05) is 0 Å². The van der Waals surface area contributed by atoms with E-state index in [4.69, 9.17) is 23.2 Å². The number of amides is 1. The van der Waals surface area contributed by atoms with Crippen LogP contribution in [0.25, 0.3) is 0 Å². The molecule has 0 radical (unpaired) electrons. The summed E-state index contributed by atoms with van der Waals surface area (Å²) in [4.78, 5) is 18.9. The Morgan fingerprint density at radius 3 is 2.56 bits per heavy atom. The number of anilines is 1. The molecule has 5 nitrogen and oxygen atoms in total. The van der Waals surface area contributed by atoms with Gasteiger partial charge in [-0.15, -0.1) is 0 Å². The molecular formula is C9H12Cl2N4O. The van der Waals surface area contributed by atoms with Crippen molar-refractivity contribution >= 4 is 34.8 Å². The molecule has 0 aliphatic heterocycles. The van der Waals surface area contributed by atoms with Gasteiger partial charge in [0.2, 0.25) is 5.91 Å². The molecular weight excluding hydrogens is 251 g/mol. The van der Waals surface area contributed by atoms with Crippen molar-refractivity contribution in [1.29, 1.82) is 0 Å². The third-order valence-electron chi connectivity index (χ3n) is 1.73. The maximum Gasteiger partial charge on any atom is 0.238 e. The van der Waals surface area contributed by atoms with Crippen LogP contribution >= 0.6 is 23.2 Å². The summed E-state index contributed by atoms with van der Waals surface area (Å²) in [5, 5.41) is 5.76. The number of carbonyl (C=O) groups is 1. The third kappa shape index (κ3) is 3.92. The molecule has 0 bridgehead atoms. The summed E-state index contributed by atoms with van der Waals surface area (Å²) in [5.41, 5.74) is 0.245. The quantitative estimate of drug-likeness (QED) is 0.627. The Labute approximate surface area is 104 Å². The van der Waals surface area contributed by atoms with E-state index in [0.717, 1.165) is 13.0 Å². The van der Waals surface area contributed by atoms with Crippen LogP contribution in [0.15, 0.2) is 6.33 Å². The number of carbonyl (C=O) groups excluding carboxylic acids is 1. The molecule has 1 aromatic heterocycles. The second kappa shape index (κ2) is 6.62. The van der Waals surface area contributed by atoms with Crippen LogP contribution in [-0.4, -0.2) is 29.0 Å². The van der Waals surface area contributed by atoms with Crippen LogP contribution in [0.5, 0.6) is 0 Å². The molecule has 1 amide bonds. The summed E-state index contributed by atoms with van der Waals surface area (Å²) in [6, 6.07) is 0. The highest BCUT2D eigenvalue weighted by Gasteiger charge is 2.10. The lowest BCUT2D eigenvalue weighted by Gasteiger charge is -2.07. The number of halogens is 2. The van der Waals surface area contributed by atoms with Gasteiger partial charge in [-0.05, 0) is 13.0 Å². The molecule has 1 heterocycles. The van der Waals surface area contributed by atoms with Crippen molar-refractivity contribution in [2.24, 2.45) is 0 Å². The van der Waals surface area contributed by atoms with E-state index < -0.39 is 0 Å². The van der Waals surface area contributed by atoms with Crippen molar-refractivity contribution in [3.8, 4) is 0 Å². The van der Waals surface area contributed by atoms with Crippen LogP contribution in [0.3, 0.4) is 0 Å². The summed E-state index contributed by atoms with van der Waals surface area (Å²) in [6.45, 7) is 3.00. The van der Waals surface area contributed by atoms with Crippen molar-refractivity contribution in [2.45, 2.75) is 13.3 Å². The van der Waals surface area contributed by atoms with Crippen molar-refractivity contribution < 1.29 is 4.79 Å². The van der Waals surface area contributed by atoms with E-state index in [-0.39, 0.29) is 28.4 Å². The zero-order valence-electron chi connectivity index (χ0n) is 8.76. The Bertz CT molecular complexity index is 352. The van der Waals surface area contributed by atoms with Crippen LogP contribution in [0.2, 0.25) is 10.3 Å². The van der Waals surface area contributed by atoms with Crippen molar-refractivity contribution in [3.05, 3.63) is 16.6 Å². The van der Waals surface area contributed by atoms with Crippen LogP contribution in [0, 0.1) is 0 Å². The molecule has 0 aliphatic carbocycles. The molecule has 0 aromatic carbocycles. The normalized spacial score (nSPS) is 10.2. The number of nitrogens with zero attached hydrogens (tertiary/aromatic N) is 2. The second-order valence-corrected chi connectivity index (χ2v) is 3.77. The second-order valence-electron chi connectivity index (χ2n) is 3.06. The smallest absolute Gasteiger partial charge is 0.238 e. The average molecular weight is 263 g/mol. The number of hydrogen-bond acceptors (Lipinski definition) is 4. The Hall–Kier alpha value is -0.910. The van der Waals surface area contributed by atoms with Gasteiger partial charge in [-0.3, -0.25) is 4.79 Å². The molecule has 0 saturated heterocycles. The van der Waals surface area contributed by atoms with Gasteiger partial charge >= 0.3 is 0 Å². The fourth-order valence-corrected chi connectivity index (χ4v) is 1.42. The SMILES string of the molecule is CCCNCC(=O)Nc1c(Cl)ncnc1Cl. The largest absolute Gasteiger partial charge is 0.320 e. The van der Waals surface area contributed by atoms with Crippen LogP contribution < -0.4 is 10.6 Å². The topological polar surface area (TPSA) is 66.9 Å². The van der Waals surface area contributed by atoms with Gasteiger partial charge in [-0.2, -0.15) is 0 Å². The molecule has 1 aromatic rings. The zero-order chi connectivity index (χ0) is 12.0. The Balaban J connectivity index is 2.56. The molecule has 0 aliphatic rings. The highest BCUT2D eigenvalue weighted by Crippen LogP contribution is 2.25. The lowest BCUT2D eigenvalue weighted by molar-refractivity contribution is -0.115. The van der Waals surface area contributed by atoms with Crippen LogP contribution in [-0.2, 0) is 4.79 Å². The highest BCUT2D eigenvalue weighted by molar-refractivity contribution is 6.38. The zero-order valence-corrected chi connectivity index (χ0v) is 10.3. The number of aromatic nitrogens is 2. The van der Waals surface area contributed by atoms with E-state index in [1.165, 1.54) is 6.33 Å². The van der Waals surface area contributed by atoms with Gasteiger partial charge in [-0.25, -0.2) is 9.97 Å². The third-order valence-corrected chi connectivity index (χ3v) is 2.30. The van der Waals surface area contributed by atoms with Gasteiger partial charge in [0.25, 0.3) is 0 Å². The van der Waals surface area contributed by atoms with Crippen LogP contribution in [0.1, 0.15) is 13.3 Å². The van der Waals surface area contributed by atoms with E-state index in [1.807, 2.05) is 6.92 Å². The van der Waals surface area contributed by atoms with Gasteiger partial charge in [-0.1, -0.05) is 30.1 Å². The monoisotopic (exact) mass is 262 g/mol. The van der Waals surface area contributed by atoms with E-state index in [9.17, 15) is 4.79 Å². The minimum Gasteiger partial charge on any atom is -0.320 e. The highest BCUT2D eigenvalue weighted by atomic mass is 35.5. The summed E-state index contributed by atoms with van der Waals surface area (Å²) in [7, 11) is 0. The molecule has 0 saturated carbocycles. The molecule has 1 rings (SSSR count). The molecule has 88 valence electrons. The lowest BCUT2D eigenvalue weighted by Crippen LogP contribution is -2.28. The number of nitrogens with one attached hydrogen (secondary N) is 2. The Kier molecular flexibility index (Phi) is 5.45. The maximum absolute atomic E-state index is 11.4. The number of hydrogen-bond donors (Lipinski definition) is 2. The molecule has 0 spiro atoms. The lowest BCUT2D eigenvalue weighted by atomic mass is 10.4. The summed E-state index contributed by atoms with van der Waals surface area (Å²) >= 11 is 11.5. The molecule has 0 unspecified atom stereocenters. The van der Waals surface area contributed by atoms with Crippen LogP contribution in [0.4, 0.5) is 5.69 Å². The Morgan fingerprint density at radius 2 is 2.00 bits per heavy atom. The summed E-state index contributed by atoms with van der Waals surface area (Å²) in [5.74, 6) is -0.230. The molecule has 0 atom stereocenters. The van der Waals surface area contributed by atoms with Crippen molar-refractivity contribution in [2.75, 3.05) is 18.4 Å². The van der Waals surface area contributed by atoms with E-state index in [2.05, 4.69) is 20.6 Å². The molecule has 2 N–H and O–H groups in total. The van der Waals surface area contributed by atoms with E-state index in [0.29, 0.717) is 0 Å². The standard InChI is InChI=1S/C9H12Cl2N4O/c1-2-3-12-4-6(16)15-7-8(10)13-5-14-9(7)11/h5,12H,2-4H2,1H3,(H,15,16). The van der Waals surface area contributed by atoms with E-state index in [1.54, 1.807) is 0 Å². The first-order valence-electron chi connectivity index (χ1n) is 4.81. The van der Waals surface area contributed by atoms with Crippen molar-refractivity contribution in [3.63, 3.8) is 0 Å². The fraction of sp³-hybridized carbons (Fsp3) is 0.444. The van der Waals surface area contributed by atoms with Gasteiger partial charge in [0.05, 0.1) is 6.54 Å². The molecule has 16 heavy (non-hydrogen) atoms. The predicted octanol–water partition coefficient (Wildman–Crippen LogP) is 1.72. The molecule has 7 heteroatoms. The minimum absolute atomic E-state index is 0.129. The average Bonchev–Trinajstić information content (AvgIpc) is 2.24. The van der Waals surface area contributed by atoms with Crippen molar-refractivity contribution in [1.82, 2.24) is 15.3 Å². The minimum atomic E-state index is -0.230. The first-order chi connectivity index (χ1) is 7.65. The number of rotatable bonds is 5. The fourth-order valence-electron chi connectivity index (χ4n) is 1.01. The summed E-state index contributed by atoms with van der Waals surface area (Å²) < 4.78 is 0. The Morgan fingerprint density at radius 1 is 1.38 bits per heavy atom. The van der Waals surface area contributed by atoms with E-state index >= 15 is 0 Å². The van der Waals surface area contributed by atoms with Gasteiger partial charge in [0.15, 0.2) is 10.3 Å². The predicted molar refractivity (Wildman–Crippen MR) is 63.8 cm³/mol. The molecule has 0 fully saturated rings. The summed E-state index contributed by atoms with van der Waals surface area (Å²) in [6.07, 6.45) is 2.19. The maximum atomic E-state index is 11.4.